The van der Waals surface area contributed by atoms with Crippen LogP contribution in [0, 0.1) is 0 Å². The summed E-state index contributed by atoms with van der Waals surface area (Å²) in [6, 6.07) is 3.67. The van der Waals surface area contributed by atoms with Gasteiger partial charge in [0.25, 0.3) is 0 Å². The Morgan fingerprint density at radius 3 is 2.65 bits per heavy atom. The van der Waals surface area contributed by atoms with Crippen LogP contribution in [0.15, 0.2) is 16.6 Å². The summed E-state index contributed by atoms with van der Waals surface area (Å²) in [5.41, 5.74) is 7.02. The Labute approximate surface area is 115 Å². The Morgan fingerprint density at radius 2 is 2.00 bits per heavy atom. The molecule has 0 saturated carbocycles. The molecule has 6 heteroatoms. The maximum Gasteiger partial charge on any atom is 0.231 e. The molecule has 0 amide bonds. The minimum atomic E-state index is -0.101. The fourth-order valence-corrected chi connectivity index (χ4v) is 2.30. The monoisotopic (exact) mass is 323 g/mol. The quantitative estimate of drug-likeness (QED) is 0.892. The van der Waals surface area contributed by atoms with Gasteiger partial charge in [-0.1, -0.05) is 15.9 Å². The van der Waals surface area contributed by atoms with Gasteiger partial charge in [-0.3, -0.25) is 0 Å². The molecule has 0 saturated heterocycles. The van der Waals surface area contributed by atoms with Crippen molar-refractivity contribution < 1.29 is 14.6 Å². The van der Waals surface area contributed by atoms with E-state index >= 15 is 0 Å². The highest BCUT2D eigenvalue weighted by atomic mass is 79.9. The molecular formula is C11H15BrClNO3. The first-order valence-electron chi connectivity index (χ1n) is 5.18. The first kappa shape index (κ1) is 14.6. The van der Waals surface area contributed by atoms with Crippen LogP contribution in [0.1, 0.15) is 24.4 Å². The summed E-state index contributed by atoms with van der Waals surface area (Å²) in [4.78, 5) is 0. The second-order valence-corrected chi connectivity index (χ2v) is 4.55. The summed E-state index contributed by atoms with van der Waals surface area (Å²) < 4.78 is 11.5. The molecule has 17 heavy (non-hydrogen) atoms. The van der Waals surface area contributed by atoms with Crippen molar-refractivity contribution in [1.82, 2.24) is 0 Å². The van der Waals surface area contributed by atoms with Gasteiger partial charge in [0.05, 0.1) is 0 Å². The van der Waals surface area contributed by atoms with Gasteiger partial charge in [0.2, 0.25) is 6.79 Å². The van der Waals surface area contributed by atoms with Gasteiger partial charge in [0, 0.05) is 17.1 Å². The molecule has 3 N–H and O–H groups in total. The highest BCUT2D eigenvalue weighted by molar-refractivity contribution is 9.10. The van der Waals surface area contributed by atoms with Crippen molar-refractivity contribution in [3.05, 3.63) is 22.2 Å². The highest BCUT2D eigenvalue weighted by Crippen LogP contribution is 2.39. The molecule has 0 spiro atoms. The highest BCUT2D eigenvalue weighted by Gasteiger charge is 2.19. The van der Waals surface area contributed by atoms with Gasteiger partial charge in [0.1, 0.15) is 0 Å². The van der Waals surface area contributed by atoms with Gasteiger partial charge in [-0.25, -0.2) is 0 Å². The first-order valence-corrected chi connectivity index (χ1v) is 5.97. The van der Waals surface area contributed by atoms with E-state index in [9.17, 15) is 0 Å². The largest absolute Gasteiger partial charge is 0.454 e. The summed E-state index contributed by atoms with van der Waals surface area (Å²) in [5, 5.41) is 8.77. The summed E-state index contributed by atoms with van der Waals surface area (Å²) >= 11 is 3.46. The van der Waals surface area contributed by atoms with Crippen LogP contribution in [0.3, 0.4) is 0 Å². The van der Waals surface area contributed by atoms with Crippen LogP contribution in [0.25, 0.3) is 0 Å². The maximum absolute atomic E-state index is 8.77. The lowest BCUT2D eigenvalue weighted by molar-refractivity contribution is 0.174. The summed E-state index contributed by atoms with van der Waals surface area (Å²) in [6.07, 6.45) is 1.44. The van der Waals surface area contributed by atoms with Gasteiger partial charge >= 0.3 is 0 Å². The predicted molar refractivity (Wildman–Crippen MR) is 70.8 cm³/mol. The van der Waals surface area contributed by atoms with Gasteiger partial charge in [-0.05, 0) is 30.5 Å². The number of halogens is 2. The number of hydrogen-bond donors (Lipinski definition) is 2. The fraction of sp³-hybridized carbons (Fsp3) is 0.455. The minimum absolute atomic E-state index is 0. The summed E-state index contributed by atoms with van der Waals surface area (Å²) in [5.74, 6) is 1.47. The third kappa shape index (κ3) is 3.25. The van der Waals surface area contributed by atoms with Gasteiger partial charge in [0.15, 0.2) is 11.5 Å². The third-order valence-electron chi connectivity index (χ3n) is 2.56. The lowest BCUT2D eigenvalue weighted by Crippen LogP contribution is -2.11. The lowest BCUT2D eigenvalue weighted by atomic mass is 10.0. The van der Waals surface area contributed by atoms with Crippen molar-refractivity contribution in [2.45, 2.75) is 18.9 Å². The Hall–Kier alpha value is -0.490. The molecule has 0 radical (unpaired) electrons. The molecule has 0 aliphatic carbocycles. The molecule has 1 heterocycles. The molecule has 4 nitrogen and oxygen atoms in total. The summed E-state index contributed by atoms with van der Waals surface area (Å²) in [7, 11) is 0. The lowest BCUT2D eigenvalue weighted by Gasteiger charge is -2.14. The zero-order valence-electron chi connectivity index (χ0n) is 9.19. The zero-order chi connectivity index (χ0) is 11.5. The number of aliphatic hydroxyl groups excluding tert-OH is 1. The topological polar surface area (TPSA) is 64.7 Å². The van der Waals surface area contributed by atoms with E-state index < -0.39 is 0 Å². The number of ether oxygens (including phenoxy) is 2. The number of hydrogen-bond acceptors (Lipinski definition) is 4. The molecule has 1 aliphatic rings. The van der Waals surface area contributed by atoms with Crippen molar-refractivity contribution in [2.24, 2.45) is 5.73 Å². The Morgan fingerprint density at radius 1 is 1.35 bits per heavy atom. The Bertz CT molecular complexity index is 389. The summed E-state index contributed by atoms with van der Waals surface area (Å²) in [6.45, 7) is 0.424. The predicted octanol–water partition coefficient (Wildman–Crippen LogP) is 2.37. The Balaban J connectivity index is 0.00000144. The first-order chi connectivity index (χ1) is 7.72. The number of rotatable bonds is 4. The normalized spacial score (nSPS) is 14.3. The second kappa shape index (κ2) is 6.44. The molecule has 0 fully saturated rings. The average molecular weight is 325 g/mol. The molecule has 0 aromatic heterocycles. The van der Waals surface area contributed by atoms with Crippen molar-refractivity contribution in [1.29, 1.82) is 0 Å². The molecule has 2 rings (SSSR count). The van der Waals surface area contributed by atoms with Crippen LogP contribution in [-0.2, 0) is 0 Å². The van der Waals surface area contributed by atoms with E-state index in [0.29, 0.717) is 6.42 Å². The van der Waals surface area contributed by atoms with Crippen LogP contribution < -0.4 is 15.2 Å². The average Bonchev–Trinajstić information content (AvgIpc) is 2.71. The molecule has 0 unspecified atom stereocenters. The van der Waals surface area contributed by atoms with Crippen molar-refractivity contribution in [3.63, 3.8) is 0 Å². The van der Waals surface area contributed by atoms with Crippen LogP contribution in [-0.4, -0.2) is 18.5 Å². The number of aliphatic hydroxyl groups is 1. The molecule has 96 valence electrons. The number of fused-ring (bicyclic) bond motifs is 1. The van der Waals surface area contributed by atoms with Crippen LogP contribution in [0.4, 0.5) is 0 Å². The molecule has 1 aromatic carbocycles. The van der Waals surface area contributed by atoms with Crippen LogP contribution in [0.5, 0.6) is 11.5 Å². The number of benzene rings is 1. The molecular weight excluding hydrogens is 309 g/mol. The van der Waals surface area contributed by atoms with E-state index in [1.54, 1.807) is 0 Å². The van der Waals surface area contributed by atoms with Crippen LogP contribution in [0.2, 0.25) is 0 Å². The molecule has 1 aromatic rings. The fourth-order valence-electron chi connectivity index (χ4n) is 1.68. The Kier molecular flexibility index (Phi) is 5.52. The van der Waals surface area contributed by atoms with Crippen molar-refractivity contribution in [3.8, 4) is 11.5 Å². The standard InChI is InChI=1S/C11H14BrNO3.ClH/c12-8-5-11-10(15-6-16-11)4-7(8)9(13)2-1-3-14;/h4-5,9,14H,1-3,6,13H2;1H/t9-;/m0./s1. The molecule has 0 bridgehead atoms. The van der Waals surface area contributed by atoms with Gasteiger partial charge in [-0.2, -0.15) is 0 Å². The SMILES string of the molecule is Cl.N[C@@H](CCCO)c1cc2c(cc1Br)OCO2. The van der Waals surface area contributed by atoms with E-state index in [1.807, 2.05) is 12.1 Å². The smallest absolute Gasteiger partial charge is 0.231 e. The zero-order valence-corrected chi connectivity index (χ0v) is 11.6. The number of nitrogens with two attached hydrogens (primary N) is 1. The van der Waals surface area contributed by atoms with E-state index in [-0.39, 0.29) is 31.8 Å². The van der Waals surface area contributed by atoms with E-state index in [4.69, 9.17) is 20.3 Å². The van der Waals surface area contributed by atoms with E-state index in [2.05, 4.69) is 15.9 Å². The van der Waals surface area contributed by atoms with Crippen molar-refractivity contribution in [2.75, 3.05) is 13.4 Å². The molecule has 1 aliphatic heterocycles. The maximum atomic E-state index is 8.77. The minimum Gasteiger partial charge on any atom is -0.454 e. The van der Waals surface area contributed by atoms with Crippen LogP contribution >= 0.6 is 28.3 Å². The van der Waals surface area contributed by atoms with Crippen molar-refractivity contribution >= 4 is 28.3 Å². The van der Waals surface area contributed by atoms with E-state index in [0.717, 1.165) is 28.0 Å². The van der Waals surface area contributed by atoms with Gasteiger partial charge < -0.3 is 20.3 Å². The molecule has 1 atom stereocenters. The van der Waals surface area contributed by atoms with Gasteiger partial charge in [-0.15, -0.1) is 12.4 Å². The second-order valence-electron chi connectivity index (χ2n) is 3.70. The van der Waals surface area contributed by atoms with E-state index in [1.165, 1.54) is 0 Å². The third-order valence-corrected chi connectivity index (χ3v) is 3.25.